The van der Waals surface area contributed by atoms with Crippen LogP contribution in [0, 0.1) is 0 Å². The summed E-state index contributed by atoms with van der Waals surface area (Å²) >= 11 is 5.98. The molecule has 1 fully saturated rings. The van der Waals surface area contributed by atoms with Gasteiger partial charge in [-0.25, -0.2) is 0 Å². The maximum absolute atomic E-state index is 13.3. The van der Waals surface area contributed by atoms with Gasteiger partial charge < -0.3 is 9.64 Å². The van der Waals surface area contributed by atoms with Crippen molar-refractivity contribution in [1.29, 1.82) is 0 Å². The van der Waals surface area contributed by atoms with Gasteiger partial charge in [0.1, 0.15) is 6.10 Å². The van der Waals surface area contributed by atoms with E-state index in [0.29, 0.717) is 48.8 Å². The minimum absolute atomic E-state index is 0.187. The van der Waals surface area contributed by atoms with Crippen LogP contribution in [0.4, 0.5) is 0 Å². The number of ether oxygens (including phenoxy) is 1. The van der Waals surface area contributed by atoms with Gasteiger partial charge >= 0.3 is 0 Å². The fourth-order valence-corrected chi connectivity index (χ4v) is 4.53. The van der Waals surface area contributed by atoms with Gasteiger partial charge in [0.15, 0.2) is 0 Å². The molecule has 0 aliphatic carbocycles. The molecule has 172 valence electrons. The van der Waals surface area contributed by atoms with Crippen molar-refractivity contribution in [3.63, 3.8) is 0 Å². The molecule has 3 amide bonds. The summed E-state index contributed by atoms with van der Waals surface area (Å²) in [6.07, 6.45) is 0.332. The second kappa shape index (κ2) is 9.41. The lowest BCUT2D eigenvalue weighted by atomic mass is 10.0. The molecule has 1 saturated heterocycles. The minimum Gasteiger partial charge on any atom is -0.370 e. The van der Waals surface area contributed by atoms with E-state index >= 15 is 0 Å². The van der Waals surface area contributed by atoms with Gasteiger partial charge in [-0.3, -0.25) is 19.3 Å². The number of carbonyl (C=O) groups is 3. The Balaban J connectivity index is 1.30. The number of imide groups is 1. The zero-order valence-corrected chi connectivity index (χ0v) is 19.2. The normalized spacial score (nSPS) is 17.7. The average molecular weight is 475 g/mol. The van der Waals surface area contributed by atoms with Crippen LogP contribution >= 0.6 is 11.6 Å². The second-order valence-electron chi connectivity index (χ2n) is 8.42. The fourth-order valence-electron chi connectivity index (χ4n) is 4.41. The highest BCUT2D eigenvalue weighted by molar-refractivity contribution is 6.30. The number of hydrogen-bond acceptors (Lipinski definition) is 4. The summed E-state index contributed by atoms with van der Waals surface area (Å²) < 4.78 is 5.86. The van der Waals surface area contributed by atoms with Crippen LogP contribution in [-0.4, -0.2) is 53.8 Å². The predicted octanol–water partition coefficient (Wildman–Crippen LogP) is 4.39. The maximum atomic E-state index is 13.3. The number of nitrogens with zero attached hydrogens (tertiary/aromatic N) is 2. The quantitative estimate of drug-likeness (QED) is 0.514. The van der Waals surface area contributed by atoms with Crippen molar-refractivity contribution >= 4 is 29.3 Å². The lowest BCUT2D eigenvalue weighted by Gasteiger charge is -2.33. The minimum atomic E-state index is -0.355. The monoisotopic (exact) mass is 474 g/mol. The summed E-state index contributed by atoms with van der Waals surface area (Å²) in [6, 6.07) is 21.9. The number of benzene rings is 3. The van der Waals surface area contributed by atoms with Gasteiger partial charge in [-0.2, -0.15) is 0 Å². The molecular weight excluding hydrogens is 452 g/mol. The van der Waals surface area contributed by atoms with E-state index in [-0.39, 0.29) is 29.4 Å². The van der Waals surface area contributed by atoms with Crippen LogP contribution in [0.2, 0.25) is 5.02 Å². The molecule has 6 nitrogen and oxygen atoms in total. The number of rotatable bonds is 5. The molecule has 7 heteroatoms. The third-order valence-corrected chi connectivity index (χ3v) is 6.53. The summed E-state index contributed by atoms with van der Waals surface area (Å²) in [5, 5.41) is 0.641. The lowest BCUT2D eigenvalue weighted by Crippen LogP contribution is -2.42. The van der Waals surface area contributed by atoms with Crippen LogP contribution in [0.15, 0.2) is 72.8 Å². The van der Waals surface area contributed by atoms with Crippen molar-refractivity contribution in [2.75, 3.05) is 26.2 Å². The van der Waals surface area contributed by atoms with E-state index in [0.717, 1.165) is 11.1 Å². The molecule has 2 aliphatic rings. The Hall–Kier alpha value is -3.48. The third-order valence-electron chi connectivity index (χ3n) is 6.28. The molecule has 0 radical (unpaired) electrons. The van der Waals surface area contributed by atoms with E-state index in [2.05, 4.69) is 0 Å². The molecule has 2 heterocycles. The van der Waals surface area contributed by atoms with Crippen LogP contribution in [0.3, 0.4) is 0 Å². The van der Waals surface area contributed by atoms with E-state index < -0.39 is 0 Å². The van der Waals surface area contributed by atoms with Crippen molar-refractivity contribution < 1.29 is 19.1 Å². The van der Waals surface area contributed by atoms with Gasteiger partial charge in [-0.05, 0) is 47.9 Å². The Morgan fingerprint density at radius 1 is 0.941 bits per heavy atom. The molecule has 3 aromatic carbocycles. The van der Waals surface area contributed by atoms with E-state index in [9.17, 15) is 14.4 Å². The van der Waals surface area contributed by atoms with Crippen LogP contribution < -0.4 is 0 Å². The lowest BCUT2D eigenvalue weighted by molar-refractivity contribution is -0.0228. The molecule has 1 atom stereocenters. The topological polar surface area (TPSA) is 66.9 Å². The number of carbonyl (C=O) groups excluding carboxylic acids is 3. The molecule has 1 unspecified atom stereocenters. The van der Waals surface area contributed by atoms with Crippen molar-refractivity contribution in [3.05, 3.63) is 106 Å². The zero-order valence-electron chi connectivity index (χ0n) is 18.4. The van der Waals surface area contributed by atoms with Gasteiger partial charge in [-0.1, -0.05) is 54.1 Å². The number of morpholine rings is 1. The van der Waals surface area contributed by atoms with Gasteiger partial charge in [-0.15, -0.1) is 0 Å². The summed E-state index contributed by atoms with van der Waals surface area (Å²) in [5.74, 6) is -0.858. The molecule has 0 saturated carbocycles. The molecule has 0 N–H and O–H groups in total. The van der Waals surface area contributed by atoms with Crippen LogP contribution in [0.5, 0.6) is 0 Å². The fraction of sp³-hybridized carbons (Fsp3) is 0.222. The van der Waals surface area contributed by atoms with Crippen molar-refractivity contribution in [2.45, 2.75) is 12.5 Å². The number of hydrogen-bond donors (Lipinski definition) is 0. The molecular formula is C27H23ClN2O4. The van der Waals surface area contributed by atoms with E-state index in [1.54, 1.807) is 35.2 Å². The summed E-state index contributed by atoms with van der Waals surface area (Å²) in [4.78, 5) is 42.0. The highest BCUT2D eigenvalue weighted by Gasteiger charge is 2.36. The summed E-state index contributed by atoms with van der Waals surface area (Å²) in [6.45, 7) is 1.56. The second-order valence-corrected chi connectivity index (χ2v) is 8.86. The largest absolute Gasteiger partial charge is 0.370 e. The Morgan fingerprint density at radius 3 is 2.44 bits per heavy atom. The highest BCUT2D eigenvalue weighted by Crippen LogP contribution is 2.27. The van der Waals surface area contributed by atoms with Gasteiger partial charge in [0.2, 0.25) is 0 Å². The molecule has 0 aromatic heterocycles. The van der Waals surface area contributed by atoms with E-state index in [1.165, 1.54) is 4.90 Å². The van der Waals surface area contributed by atoms with Crippen LogP contribution in [-0.2, 0) is 11.2 Å². The van der Waals surface area contributed by atoms with Gasteiger partial charge in [0, 0.05) is 23.7 Å². The van der Waals surface area contributed by atoms with E-state index in [1.807, 2.05) is 42.5 Å². The smallest absolute Gasteiger partial charge is 0.261 e. The molecule has 34 heavy (non-hydrogen) atoms. The Kier molecular flexibility index (Phi) is 6.18. The predicted molar refractivity (Wildman–Crippen MR) is 128 cm³/mol. The van der Waals surface area contributed by atoms with Crippen LogP contribution in [0.25, 0.3) is 0 Å². The zero-order chi connectivity index (χ0) is 23.7. The average Bonchev–Trinajstić information content (AvgIpc) is 3.12. The first-order valence-electron chi connectivity index (χ1n) is 11.2. The first-order valence-corrected chi connectivity index (χ1v) is 11.6. The van der Waals surface area contributed by atoms with Crippen molar-refractivity contribution in [1.82, 2.24) is 9.80 Å². The molecule has 0 bridgehead atoms. The number of fused-ring (bicyclic) bond motifs is 1. The SMILES string of the molecule is O=C(c1ccc2c(c1)C(=O)N(CCc1ccccc1)C2=O)N1CCOC(c2ccc(Cl)cc2)C1. The van der Waals surface area contributed by atoms with Gasteiger partial charge in [0.05, 0.1) is 24.3 Å². The Bertz CT molecular complexity index is 1240. The number of amides is 3. The first kappa shape index (κ1) is 22.3. The first-order chi connectivity index (χ1) is 16.5. The van der Waals surface area contributed by atoms with Crippen LogP contribution in [0.1, 0.15) is 48.3 Å². The summed E-state index contributed by atoms with van der Waals surface area (Å²) in [7, 11) is 0. The third kappa shape index (κ3) is 4.34. The van der Waals surface area contributed by atoms with Crippen molar-refractivity contribution in [3.8, 4) is 0 Å². The standard InChI is InChI=1S/C27H23ClN2O4/c28-21-9-6-19(7-10-21)24-17-29(14-15-34-24)25(31)20-8-11-22-23(16-20)27(33)30(26(22)32)13-12-18-4-2-1-3-5-18/h1-11,16,24H,12-15,17H2. The van der Waals surface area contributed by atoms with Gasteiger partial charge in [0.25, 0.3) is 17.7 Å². The molecule has 5 rings (SSSR count). The Morgan fingerprint density at radius 2 is 1.68 bits per heavy atom. The highest BCUT2D eigenvalue weighted by atomic mass is 35.5. The molecule has 0 spiro atoms. The van der Waals surface area contributed by atoms with E-state index in [4.69, 9.17) is 16.3 Å². The van der Waals surface area contributed by atoms with Crippen molar-refractivity contribution in [2.24, 2.45) is 0 Å². The molecule has 3 aromatic rings. The molecule has 2 aliphatic heterocycles. The number of halogens is 1. The summed E-state index contributed by atoms with van der Waals surface area (Å²) in [5.41, 5.74) is 3.02. The maximum Gasteiger partial charge on any atom is 0.261 e. The Labute approximate surface area is 202 Å².